The number of pyridine rings is 1. The highest BCUT2D eigenvalue weighted by Gasteiger charge is 2.14. The van der Waals surface area contributed by atoms with Crippen LogP contribution >= 0.6 is 27.5 Å². The zero-order valence-electron chi connectivity index (χ0n) is 10.4. The van der Waals surface area contributed by atoms with Crippen LogP contribution in [0.5, 0.6) is 0 Å². The van der Waals surface area contributed by atoms with E-state index < -0.39 is 11.7 Å². The van der Waals surface area contributed by atoms with Crippen LogP contribution in [0.1, 0.15) is 10.4 Å². The number of carbonyl (C=O) groups excluding carboxylic acids is 1. The minimum absolute atomic E-state index is 0.120. The number of halogens is 3. The number of hydrogen-bond acceptors (Lipinski definition) is 3. The Bertz CT molecular complexity index is 666. The molecule has 1 aromatic carbocycles. The molecule has 0 atom stereocenters. The molecule has 0 radical (unpaired) electrons. The van der Waals surface area contributed by atoms with Gasteiger partial charge in [0.05, 0.1) is 17.4 Å². The van der Waals surface area contributed by atoms with Crippen molar-refractivity contribution in [2.75, 3.05) is 17.7 Å². The summed E-state index contributed by atoms with van der Waals surface area (Å²) in [5.74, 6) is -0.748. The van der Waals surface area contributed by atoms with Gasteiger partial charge in [-0.1, -0.05) is 11.6 Å². The Morgan fingerprint density at radius 3 is 2.80 bits per heavy atom. The van der Waals surface area contributed by atoms with E-state index >= 15 is 0 Å². The van der Waals surface area contributed by atoms with Crippen LogP contribution in [-0.4, -0.2) is 17.9 Å². The second-order valence-corrected chi connectivity index (χ2v) is 5.17. The van der Waals surface area contributed by atoms with Gasteiger partial charge in [-0.2, -0.15) is 0 Å². The van der Waals surface area contributed by atoms with Crippen molar-refractivity contribution in [3.05, 3.63) is 51.3 Å². The third-order valence-corrected chi connectivity index (χ3v) is 3.41. The van der Waals surface area contributed by atoms with E-state index in [-0.39, 0.29) is 5.56 Å². The smallest absolute Gasteiger partial charge is 0.259 e. The molecular weight excluding hydrogens is 349 g/mol. The van der Waals surface area contributed by atoms with Crippen LogP contribution in [0.4, 0.5) is 15.9 Å². The lowest BCUT2D eigenvalue weighted by molar-refractivity contribution is 0.102. The van der Waals surface area contributed by atoms with Crippen LogP contribution in [-0.2, 0) is 0 Å². The minimum atomic E-state index is -0.579. The fraction of sp³-hybridized carbons (Fsp3) is 0.0769. The topological polar surface area (TPSA) is 54.0 Å². The van der Waals surface area contributed by atoms with Crippen LogP contribution in [0.25, 0.3) is 0 Å². The molecular formula is C13H10BrClFN3O. The summed E-state index contributed by atoms with van der Waals surface area (Å²) in [5, 5.41) is 5.95. The Morgan fingerprint density at radius 1 is 1.40 bits per heavy atom. The molecule has 0 bridgehead atoms. The van der Waals surface area contributed by atoms with Gasteiger partial charge in [-0.25, -0.2) is 9.37 Å². The summed E-state index contributed by atoms with van der Waals surface area (Å²) in [6.45, 7) is 0. The van der Waals surface area contributed by atoms with Gasteiger partial charge in [-0.05, 0) is 40.2 Å². The SMILES string of the molecule is CNc1ncc(F)cc1C(=O)Nc1ccc(Cl)cc1Br. The number of nitrogens with zero attached hydrogens (tertiary/aromatic N) is 1. The van der Waals surface area contributed by atoms with Crippen LogP contribution in [0.15, 0.2) is 34.9 Å². The molecule has 1 amide bonds. The predicted molar refractivity (Wildman–Crippen MR) is 80.8 cm³/mol. The van der Waals surface area contributed by atoms with Gasteiger partial charge in [-0.3, -0.25) is 4.79 Å². The van der Waals surface area contributed by atoms with Gasteiger partial charge in [0, 0.05) is 16.5 Å². The van der Waals surface area contributed by atoms with Crippen molar-refractivity contribution in [2.24, 2.45) is 0 Å². The number of aromatic nitrogens is 1. The zero-order chi connectivity index (χ0) is 14.7. The van der Waals surface area contributed by atoms with E-state index in [1.165, 1.54) is 0 Å². The Kier molecular flexibility index (Phi) is 4.57. The standard InChI is InChI=1S/C13H10BrClFN3O/c1-17-12-9(5-8(16)6-18-12)13(20)19-11-3-2-7(15)4-10(11)14/h2-6H,1H3,(H,17,18)(H,19,20). The Morgan fingerprint density at radius 2 is 2.15 bits per heavy atom. The molecule has 0 saturated carbocycles. The van der Waals surface area contributed by atoms with Crippen molar-refractivity contribution in [1.82, 2.24) is 4.98 Å². The monoisotopic (exact) mass is 357 g/mol. The first-order valence-corrected chi connectivity index (χ1v) is 6.78. The number of hydrogen-bond donors (Lipinski definition) is 2. The molecule has 4 nitrogen and oxygen atoms in total. The Labute approximate surface area is 128 Å². The van der Waals surface area contributed by atoms with Gasteiger partial charge in [0.1, 0.15) is 11.6 Å². The maximum atomic E-state index is 13.2. The van der Waals surface area contributed by atoms with Gasteiger partial charge < -0.3 is 10.6 Å². The first-order valence-electron chi connectivity index (χ1n) is 5.61. The highest BCUT2D eigenvalue weighted by atomic mass is 79.9. The summed E-state index contributed by atoms with van der Waals surface area (Å²) in [6.07, 6.45) is 1.04. The number of amides is 1. The molecule has 0 spiro atoms. The van der Waals surface area contributed by atoms with Gasteiger partial charge in [0.15, 0.2) is 0 Å². The van der Waals surface area contributed by atoms with Crippen LogP contribution < -0.4 is 10.6 Å². The lowest BCUT2D eigenvalue weighted by atomic mass is 10.2. The van der Waals surface area contributed by atoms with E-state index in [1.54, 1.807) is 25.2 Å². The molecule has 0 saturated heterocycles. The van der Waals surface area contributed by atoms with Gasteiger partial charge in [0.25, 0.3) is 5.91 Å². The number of anilines is 2. The molecule has 7 heteroatoms. The highest BCUT2D eigenvalue weighted by Crippen LogP contribution is 2.26. The quantitative estimate of drug-likeness (QED) is 0.874. The molecule has 1 heterocycles. The van der Waals surface area contributed by atoms with Gasteiger partial charge in [-0.15, -0.1) is 0 Å². The molecule has 2 N–H and O–H groups in total. The molecule has 0 unspecified atom stereocenters. The van der Waals surface area contributed by atoms with E-state index in [2.05, 4.69) is 31.5 Å². The Hall–Kier alpha value is -1.66. The number of rotatable bonds is 3. The lowest BCUT2D eigenvalue weighted by Crippen LogP contribution is -2.15. The van der Waals surface area contributed by atoms with E-state index in [0.717, 1.165) is 12.3 Å². The van der Waals surface area contributed by atoms with Gasteiger partial charge >= 0.3 is 0 Å². The summed E-state index contributed by atoms with van der Waals surface area (Å²) in [5.41, 5.74) is 0.653. The molecule has 0 aliphatic carbocycles. The number of carbonyl (C=O) groups is 1. The molecule has 0 fully saturated rings. The second-order valence-electron chi connectivity index (χ2n) is 3.88. The maximum Gasteiger partial charge on any atom is 0.259 e. The fourth-order valence-electron chi connectivity index (χ4n) is 1.59. The van der Waals surface area contributed by atoms with Crippen molar-refractivity contribution in [2.45, 2.75) is 0 Å². The third-order valence-electron chi connectivity index (χ3n) is 2.52. The second kappa shape index (κ2) is 6.19. The third kappa shape index (κ3) is 3.26. The largest absolute Gasteiger partial charge is 0.372 e. The molecule has 0 aliphatic rings. The van der Waals surface area contributed by atoms with Crippen LogP contribution in [0, 0.1) is 5.82 Å². The molecule has 2 aromatic rings. The summed E-state index contributed by atoms with van der Waals surface area (Å²) in [4.78, 5) is 16.0. The zero-order valence-corrected chi connectivity index (χ0v) is 12.7. The van der Waals surface area contributed by atoms with Crippen molar-refractivity contribution >= 4 is 44.9 Å². The van der Waals surface area contributed by atoms with E-state index in [4.69, 9.17) is 11.6 Å². The molecule has 20 heavy (non-hydrogen) atoms. The first kappa shape index (κ1) is 14.7. The molecule has 0 aliphatic heterocycles. The van der Waals surface area contributed by atoms with Crippen LogP contribution in [0.3, 0.4) is 0 Å². The highest BCUT2D eigenvalue weighted by molar-refractivity contribution is 9.10. The van der Waals surface area contributed by atoms with E-state index in [0.29, 0.717) is 21.0 Å². The maximum absolute atomic E-state index is 13.2. The average molecular weight is 359 g/mol. The van der Waals surface area contributed by atoms with Crippen molar-refractivity contribution < 1.29 is 9.18 Å². The fourth-order valence-corrected chi connectivity index (χ4v) is 2.37. The number of nitrogens with one attached hydrogen (secondary N) is 2. The summed E-state index contributed by atoms with van der Waals surface area (Å²) in [6, 6.07) is 6.07. The van der Waals surface area contributed by atoms with Crippen molar-refractivity contribution in [3.8, 4) is 0 Å². The minimum Gasteiger partial charge on any atom is -0.372 e. The molecule has 104 valence electrons. The van der Waals surface area contributed by atoms with E-state index in [1.807, 2.05) is 0 Å². The van der Waals surface area contributed by atoms with Crippen molar-refractivity contribution in [1.29, 1.82) is 0 Å². The molecule has 2 rings (SSSR count). The number of benzene rings is 1. The lowest BCUT2D eigenvalue weighted by Gasteiger charge is -2.10. The van der Waals surface area contributed by atoms with Crippen molar-refractivity contribution in [3.63, 3.8) is 0 Å². The van der Waals surface area contributed by atoms with E-state index in [9.17, 15) is 9.18 Å². The first-order chi connectivity index (χ1) is 9.51. The summed E-state index contributed by atoms with van der Waals surface area (Å²) in [7, 11) is 1.61. The average Bonchev–Trinajstić information content (AvgIpc) is 2.41. The predicted octanol–water partition coefficient (Wildman–Crippen LogP) is 3.93. The van der Waals surface area contributed by atoms with Crippen LogP contribution in [0.2, 0.25) is 5.02 Å². The Balaban J connectivity index is 2.30. The summed E-state index contributed by atoms with van der Waals surface area (Å²) >= 11 is 9.12. The van der Waals surface area contributed by atoms with Gasteiger partial charge in [0.2, 0.25) is 0 Å². The summed E-state index contributed by atoms with van der Waals surface area (Å²) < 4.78 is 13.9. The molecule has 1 aromatic heterocycles. The normalized spacial score (nSPS) is 10.2.